The van der Waals surface area contributed by atoms with Crippen molar-refractivity contribution in [3.63, 3.8) is 0 Å². The van der Waals surface area contributed by atoms with Crippen LogP contribution in [0.1, 0.15) is 11.6 Å². The van der Waals surface area contributed by atoms with Crippen LogP contribution >= 0.6 is 0 Å². The van der Waals surface area contributed by atoms with Crippen LogP contribution in [-0.4, -0.2) is 42.5 Å². The first-order chi connectivity index (χ1) is 13.9. The number of urea groups is 1. The van der Waals surface area contributed by atoms with Crippen LogP contribution in [0.2, 0.25) is 0 Å². The van der Waals surface area contributed by atoms with Gasteiger partial charge in [0.15, 0.2) is 0 Å². The first kappa shape index (κ1) is 18.5. The van der Waals surface area contributed by atoms with Gasteiger partial charge in [0.05, 0.1) is 41.6 Å². The average Bonchev–Trinajstić information content (AvgIpc) is 3.08. The number of likely N-dealkylation sites (N-methyl/N-ethyl adjacent to an activating group) is 1. The summed E-state index contributed by atoms with van der Waals surface area (Å²) in [5.41, 5.74) is 2.08. The van der Waals surface area contributed by atoms with E-state index in [1.54, 1.807) is 44.5 Å². The van der Waals surface area contributed by atoms with E-state index >= 15 is 0 Å². The molecule has 2 aliphatic rings. The molecule has 148 valence electrons. The topological polar surface area (TPSA) is 105 Å². The summed E-state index contributed by atoms with van der Waals surface area (Å²) in [7, 11) is 3.16. The molecule has 1 N–H and O–H groups in total. The van der Waals surface area contributed by atoms with Gasteiger partial charge in [0.25, 0.3) is 11.6 Å². The van der Waals surface area contributed by atoms with E-state index in [4.69, 9.17) is 4.74 Å². The maximum atomic E-state index is 13.3. The first-order valence-electron chi connectivity index (χ1n) is 8.88. The van der Waals surface area contributed by atoms with Gasteiger partial charge in [0.1, 0.15) is 5.75 Å². The minimum absolute atomic E-state index is 0.102. The molecule has 9 nitrogen and oxygen atoms in total. The molecule has 0 saturated heterocycles. The predicted molar refractivity (Wildman–Crippen MR) is 105 cm³/mol. The molecule has 0 fully saturated rings. The van der Waals surface area contributed by atoms with E-state index in [-0.39, 0.29) is 24.2 Å². The summed E-state index contributed by atoms with van der Waals surface area (Å²) in [6.45, 7) is 0.159. The summed E-state index contributed by atoms with van der Waals surface area (Å²) in [5, 5.41) is 14.0. The molecule has 0 saturated carbocycles. The van der Waals surface area contributed by atoms with Gasteiger partial charge in [0.2, 0.25) is 0 Å². The van der Waals surface area contributed by atoms with E-state index in [1.807, 2.05) is 0 Å². The maximum absolute atomic E-state index is 13.3. The van der Waals surface area contributed by atoms with Crippen LogP contribution in [0.4, 0.5) is 16.2 Å². The number of hydrogen-bond donors (Lipinski definition) is 1. The number of nitro benzene ring substituents is 1. The highest BCUT2D eigenvalue weighted by Gasteiger charge is 2.43. The smallest absolute Gasteiger partial charge is 0.322 e. The third-order valence-electron chi connectivity index (χ3n) is 5.16. The number of hydrogen-bond acceptors (Lipinski definition) is 5. The van der Waals surface area contributed by atoms with Crippen LogP contribution in [0, 0.1) is 10.1 Å². The molecule has 0 aliphatic carbocycles. The molecule has 3 amide bonds. The molecule has 9 heteroatoms. The van der Waals surface area contributed by atoms with Crippen molar-refractivity contribution in [1.82, 2.24) is 10.2 Å². The molecule has 0 bridgehead atoms. The Labute approximate surface area is 166 Å². The number of ether oxygens (including phenoxy) is 1. The van der Waals surface area contributed by atoms with Gasteiger partial charge in [-0.3, -0.25) is 19.8 Å². The Kier molecular flexibility index (Phi) is 4.42. The number of non-ortho nitro benzene ring substituents is 1. The second-order valence-electron chi connectivity index (χ2n) is 6.74. The summed E-state index contributed by atoms with van der Waals surface area (Å²) in [5.74, 6) is 0.367. The molecule has 1 unspecified atom stereocenters. The van der Waals surface area contributed by atoms with E-state index in [9.17, 15) is 19.7 Å². The number of amides is 3. The van der Waals surface area contributed by atoms with Gasteiger partial charge >= 0.3 is 6.03 Å². The average molecular weight is 394 g/mol. The second-order valence-corrected chi connectivity index (χ2v) is 6.74. The van der Waals surface area contributed by atoms with Gasteiger partial charge in [0, 0.05) is 19.2 Å². The van der Waals surface area contributed by atoms with E-state index in [0.717, 1.165) is 5.56 Å². The lowest BCUT2D eigenvalue weighted by Crippen LogP contribution is -2.45. The van der Waals surface area contributed by atoms with Gasteiger partial charge in [-0.2, -0.15) is 0 Å². The first-order valence-corrected chi connectivity index (χ1v) is 8.88. The van der Waals surface area contributed by atoms with Gasteiger partial charge in [-0.1, -0.05) is 18.2 Å². The summed E-state index contributed by atoms with van der Waals surface area (Å²) in [4.78, 5) is 39.2. The monoisotopic (exact) mass is 394 g/mol. The Morgan fingerprint density at radius 1 is 1.17 bits per heavy atom. The van der Waals surface area contributed by atoms with Crippen LogP contribution < -0.4 is 15.0 Å². The highest BCUT2D eigenvalue weighted by Crippen LogP contribution is 2.38. The number of nitrogens with zero attached hydrogens (tertiary/aromatic N) is 3. The Morgan fingerprint density at radius 2 is 1.90 bits per heavy atom. The summed E-state index contributed by atoms with van der Waals surface area (Å²) in [6, 6.07) is 12.1. The lowest BCUT2D eigenvalue weighted by Gasteiger charge is -2.31. The quantitative estimate of drug-likeness (QED) is 0.634. The second kappa shape index (κ2) is 6.93. The van der Waals surface area contributed by atoms with Crippen molar-refractivity contribution in [2.75, 3.05) is 25.6 Å². The molecular weight excluding hydrogens is 376 g/mol. The SMILES string of the molecule is COc1ccc(C2NC(=O)N(C)C3=C2C(=O)N(c2cccc([N+](=O)[O-])c2)C3)cc1. The Hall–Kier alpha value is -3.88. The Bertz CT molecular complexity index is 1050. The molecule has 0 aromatic heterocycles. The van der Waals surface area contributed by atoms with E-state index in [1.165, 1.54) is 28.0 Å². The zero-order valence-electron chi connectivity index (χ0n) is 15.8. The van der Waals surface area contributed by atoms with Crippen molar-refractivity contribution in [3.05, 3.63) is 75.5 Å². The zero-order chi connectivity index (χ0) is 20.7. The van der Waals surface area contributed by atoms with Crippen LogP contribution in [0.15, 0.2) is 59.8 Å². The third-order valence-corrected chi connectivity index (χ3v) is 5.16. The number of rotatable bonds is 4. The van der Waals surface area contributed by atoms with Crippen LogP contribution in [-0.2, 0) is 4.79 Å². The number of nitro groups is 1. The Morgan fingerprint density at radius 3 is 2.55 bits per heavy atom. The van der Waals surface area contributed by atoms with E-state index in [2.05, 4.69) is 5.32 Å². The number of methoxy groups -OCH3 is 1. The molecule has 4 rings (SSSR count). The number of carbonyl (C=O) groups is 2. The fraction of sp³-hybridized carbons (Fsp3) is 0.200. The van der Waals surface area contributed by atoms with Crippen molar-refractivity contribution in [2.24, 2.45) is 0 Å². The van der Waals surface area contributed by atoms with Crippen molar-refractivity contribution in [3.8, 4) is 5.75 Å². The molecule has 1 atom stereocenters. The van der Waals surface area contributed by atoms with Crippen molar-refractivity contribution in [1.29, 1.82) is 0 Å². The molecular formula is C20H18N4O5. The van der Waals surface area contributed by atoms with Crippen LogP contribution in [0.5, 0.6) is 5.75 Å². The number of benzene rings is 2. The molecule has 0 radical (unpaired) electrons. The fourth-order valence-electron chi connectivity index (χ4n) is 3.60. The van der Waals surface area contributed by atoms with Crippen molar-refractivity contribution >= 4 is 23.3 Å². The van der Waals surface area contributed by atoms with E-state index < -0.39 is 11.0 Å². The highest BCUT2D eigenvalue weighted by molar-refractivity contribution is 6.11. The van der Waals surface area contributed by atoms with E-state index in [0.29, 0.717) is 22.7 Å². The normalized spacial score (nSPS) is 18.6. The molecule has 2 aromatic rings. The maximum Gasteiger partial charge on any atom is 0.322 e. The molecule has 2 aromatic carbocycles. The van der Waals surface area contributed by atoms with Gasteiger partial charge in [-0.05, 0) is 23.8 Å². The molecule has 0 spiro atoms. The number of nitrogens with one attached hydrogen (secondary N) is 1. The highest BCUT2D eigenvalue weighted by atomic mass is 16.6. The largest absolute Gasteiger partial charge is 0.497 e. The third kappa shape index (κ3) is 3.06. The van der Waals surface area contributed by atoms with Gasteiger partial charge < -0.3 is 15.0 Å². The lowest BCUT2D eigenvalue weighted by atomic mass is 9.95. The summed E-state index contributed by atoms with van der Waals surface area (Å²) < 4.78 is 5.17. The number of carbonyl (C=O) groups excluding carboxylic acids is 2. The number of anilines is 1. The zero-order valence-corrected chi connectivity index (χ0v) is 15.8. The van der Waals surface area contributed by atoms with Crippen LogP contribution in [0.25, 0.3) is 0 Å². The van der Waals surface area contributed by atoms with Gasteiger partial charge in [-0.25, -0.2) is 4.79 Å². The standard InChI is InChI=1S/C20H18N4O5/c1-22-16-11-23(13-4-3-5-14(10-13)24(27)28)19(25)17(16)18(21-20(22)26)12-6-8-15(29-2)9-7-12/h3-10,18H,11H2,1-2H3,(H,21,26). The minimum atomic E-state index is -0.615. The van der Waals surface area contributed by atoms with Gasteiger partial charge in [-0.15, -0.1) is 0 Å². The van der Waals surface area contributed by atoms with Crippen LogP contribution in [0.3, 0.4) is 0 Å². The summed E-state index contributed by atoms with van der Waals surface area (Å²) in [6.07, 6.45) is 0. The summed E-state index contributed by atoms with van der Waals surface area (Å²) >= 11 is 0. The molecule has 2 heterocycles. The minimum Gasteiger partial charge on any atom is -0.497 e. The van der Waals surface area contributed by atoms with Crippen molar-refractivity contribution in [2.45, 2.75) is 6.04 Å². The fourth-order valence-corrected chi connectivity index (χ4v) is 3.60. The Balaban J connectivity index is 1.73. The lowest BCUT2D eigenvalue weighted by molar-refractivity contribution is -0.384. The predicted octanol–water partition coefficient (Wildman–Crippen LogP) is 2.60. The molecule has 29 heavy (non-hydrogen) atoms. The molecule has 2 aliphatic heterocycles. The van der Waals surface area contributed by atoms with Crippen molar-refractivity contribution < 1.29 is 19.2 Å².